The molecule has 0 bridgehead atoms. The molecule has 0 radical (unpaired) electrons. The molecule has 4 heterocycles. The second-order valence-corrected chi connectivity index (χ2v) is 8.43. The van der Waals surface area contributed by atoms with Gasteiger partial charge in [-0.2, -0.15) is 5.10 Å². The summed E-state index contributed by atoms with van der Waals surface area (Å²) in [5.74, 6) is -4.33. The van der Waals surface area contributed by atoms with Crippen LogP contribution in [0, 0.1) is 12.8 Å². The number of hydrogen-bond donors (Lipinski definition) is 2. The Hall–Kier alpha value is -3.79. The zero-order valence-corrected chi connectivity index (χ0v) is 18.5. The van der Waals surface area contributed by atoms with Crippen molar-refractivity contribution < 1.29 is 18.7 Å². The number of aliphatic hydroxyl groups excluding tert-OH is 1. The molecule has 0 aliphatic heterocycles. The number of halogens is 2. The van der Waals surface area contributed by atoms with Crippen molar-refractivity contribution >= 4 is 22.6 Å². The molecule has 0 aromatic carbocycles. The number of rotatable bonds is 6. The molecule has 2 atom stereocenters. The van der Waals surface area contributed by atoms with Gasteiger partial charge in [-0.15, -0.1) is 0 Å². The molecule has 4 aromatic heterocycles. The fraction of sp³-hybridized carbons (Fsp3) is 0.292. The average molecular weight is 464 g/mol. The lowest BCUT2D eigenvalue weighted by molar-refractivity contribution is -0.119. The highest BCUT2D eigenvalue weighted by Crippen LogP contribution is 2.49. The Bertz CT molecular complexity index is 1390. The first kappa shape index (κ1) is 22.0. The van der Waals surface area contributed by atoms with Gasteiger partial charge < -0.3 is 10.4 Å². The van der Waals surface area contributed by atoms with E-state index in [-0.39, 0.29) is 5.82 Å². The first-order valence-corrected chi connectivity index (χ1v) is 10.9. The number of fused-ring (bicyclic) bond motifs is 1. The first-order valence-electron chi connectivity index (χ1n) is 10.9. The molecule has 5 rings (SSSR count). The third-order valence-corrected chi connectivity index (χ3v) is 5.94. The van der Waals surface area contributed by atoms with Gasteiger partial charge in [0.15, 0.2) is 5.82 Å². The number of nitrogens with zero attached hydrogens (tertiary/aromatic N) is 5. The highest BCUT2D eigenvalue weighted by Gasteiger charge is 2.61. The Morgan fingerprint density at radius 1 is 1.26 bits per heavy atom. The van der Waals surface area contributed by atoms with Gasteiger partial charge in [0.05, 0.1) is 17.3 Å². The number of aryl methyl sites for hydroxylation is 1. The fourth-order valence-electron chi connectivity index (χ4n) is 3.86. The predicted molar refractivity (Wildman–Crippen MR) is 122 cm³/mol. The Labute approximate surface area is 193 Å². The Kier molecular flexibility index (Phi) is 5.32. The Morgan fingerprint density at radius 2 is 2.06 bits per heavy atom. The Morgan fingerprint density at radius 3 is 2.71 bits per heavy atom. The molecule has 8 nitrogen and oxygen atoms in total. The van der Waals surface area contributed by atoms with Crippen molar-refractivity contribution in [3.8, 4) is 16.9 Å². The van der Waals surface area contributed by atoms with Crippen LogP contribution in [0.3, 0.4) is 0 Å². The van der Waals surface area contributed by atoms with E-state index in [0.29, 0.717) is 28.8 Å². The predicted octanol–water partition coefficient (Wildman–Crippen LogP) is 4.22. The zero-order valence-electron chi connectivity index (χ0n) is 18.5. The van der Waals surface area contributed by atoms with E-state index >= 15 is 0 Å². The summed E-state index contributed by atoms with van der Waals surface area (Å²) in [5.41, 5.74) is 3.61. The van der Waals surface area contributed by atoms with Crippen molar-refractivity contribution in [2.24, 2.45) is 5.92 Å². The second kappa shape index (κ2) is 8.21. The van der Waals surface area contributed by atoms with Crippen LogP contribution in [0.25, 0.3) is 27.8 Å². The van der Waals surface area contributed by atoms with E-state index in [0.717, 1.165) is 16.7 Å². The van der Waals surface area contributed by atoms with E-state index in [4.69, 9.17) is 4.98 Å². The Balaban J connectivity index is 1.57. The van der Waals surface area contributed by atoms with Gasteiger partial charge in [-0.25, -0.2) is 23.4 Å². The van der Waals surface area contributed by atoms with Gasteiger partial charge in [-0.05, 0) is 37.1 Å². The van der Waals surface area contributed by atoms with E-state index < -0.39 is 30.3 Å². The van der Waals surface area contributed by atoms with E-state index in [1.165, 1.54) is 6.20 Å². The number of hydrogen-bond acceptors (Lipinski definition) is 6. The molecule has 34 heavy (non-hydrogen) atoms. The number of aliphatic hydroxyl groups is 1. The highest BCUT2D eigenvalue weighted by molar-refractivity contribution is 5.96. The van der Waals surface area contributed by atoms with Gasteiger partial charge in [0.25, 0.3) is 5.92 Å². The van der Waals surface area contributed by atoms with Crippen LogP contribution < -0.4 is 5.32 Å². The van der Waals surface area contributed by atoms with Crippen molar-refractivity contribution in [1.29, 1.82) is 0 Å². The molecular formula is C24H22F2N6O2. The standard InChI is InChI=1S/C24H22F2N6O2/c1-3-20(33)19-7-13(2)16(12-27-19)15-8-14-11-28-21(31-23(34)17-10-24(17,25)26)9-18(14)30-22(15)32-6-4-5-29-32/h4-9,11-12,17,20,33H,3,10H2,1-2H3,(H,28,31,34). The summed E-state index contributed by atoms with van der Waals surface area (Å²) < 4.78 is 28.1. The smallest absolute Gasteiger partial charge is 0.260 e. The summed E-state index contributed by atoms with van der Waals surface area (Å²) in [7, 11) is 0. The number of alkyl halides is 2. The van der Waals surface area contributed by atoms with Crippen LogP contribution in [0.2, 0.25) is 0 Å². The van der Waals surface area contributed by atoms with Crippen LogP contribution in [-0.4, -0.2) is 41.7 Å². The number of aromatic nitrogens is 5. The number of carbonyl (C=O) groups is 1. The maximum absolute atomic E-state index is 13.2. The topological polar surface area (TPSA) is 106 Å². The van der Waals surface area contributed by atoms with Crippen molar-refractivity contribution in [2.45, 2.75) is 38.7 Å². The molecule has 4 aromatic rings. The van der Waals surface area contributed by atoms with E-state index in [2.05, 4.69) is 20.4 Å². The minimum absolute atomic E-state index is 0.155. The van der Waals surface area contributed by atoms with Crippen LogP contribution in [0.15, 0.2) is 49.1 Å². The molecule has 1 amide bonds. The minimum Gasteiger partial charge on any atom is -0.387 e. The molecule has 1 aliphatic rings. The molecule has 2 unspecified atom stereocenters. The average Bonchev–Trinajstić information content (AvgIpc) is 3.20. The zero-order chi connectivity index (χ0) is 24.0. The van der Waals surface area contributed by atoms with Crippen LogP contribution in [0.5, 0.6) is 0 Å². The molecule has 0 saturated heterocycles. The van der Waals surface area contributed by atoms with Crippen LogP contribution >= 0.6 is 0 Å². The highest BCUT2D eigenvalue weighted by atomic mass is 19.3. The van der Waals surface area contributed by atoms with Crippen LogP contribution in [-0.2, 0) is 4.79 Å². The van der Waals surface area contributed by atoms with Crippen molar-refractivity contribution in [1.82, 2.24) is 24.7 Å². The minimum atomic E-state index is -2.95. The van der Waals surface area contributed by atoms with E-state index in [1.54, 1.807) is 35.4 Å². The van der Waals surface area contributed by atoms with Gasteiger partial charge in [-0.1, -0.05) is 6.92 Å². The number of anilines is 1. The fourth-order valence-corrected chi connectivity index (χ4v) is 3.86. The normalized spacial score (nSPS) is 17.5. The maximum atomic E-state index is 13.2. The maximum Gasteiger partial charge on any atom is 0.260 e. The monoisotopic (exact) mass is 464 g/mol. The largest absolute Gasteiger partial charge is 0.387 e. The molecule has 10 heteroatoms. The summed E-state index contributed by atoms with van der Waals surface area (Å²) in [5, 5.41) is 17.6. The molecule has 1 fully saturated rings. The van der Waals surface area contributed by atoms with Gasteiger partial charge in [0, 0.05) is 53.8 Å². The van der Waals surface area contributed by atoms with Crippen molar-refractivity contribution in [3.63, 3.8) is 0 Å². The van der Waals surface area contributed by atoms with Crippen LogP contribution in [0.1, 0.15) is 37.1 Å². The van der Waals surface area contributed by atoms with Gasteiger partial charge in [0.1, 0.15) is 11.7 Å². The third-order valence-electron chi connectivity index (χ3n) is 5.94. The molecule has 0 spiro atoms. The van der Waals surface area contributed by atoms with Crippen LogP contribution in [0.4, 0.5) is 14.6 Å². The van der Waals surface area contributed by atoms with Gasteiger partial charge in [-0.3, -0.25) is 9.78 Å². The van der Waals surface area contributed by atoms with Crippen molar-refractivity contribution in [2.75, 3.05) is 5.32 Å². The lowest BCUT2D eigenvalue weighted by Gasteiger charge is -2.15. The quantitative estimate of drug-likeness (QED) is 0.443. The lowest BCUT2D eigenvalue weighted by Crippen LogP contribution is -2.18. The molecule has 2 N–H and O–H groups in total. The van der Waals surface area contributed by atoms with Gasteiger partial charge >= 0.3 is 0 Å². The van der Waals surface area contributed by atoms with E-state index in [1.807, 2.05) is 26.0 Å². The third kappa shape index (κ3) is 4.01. The molecular weight excluding hydrogens is 442 g/mol. The lowest BCUT2D eigenvalue weighted by atomic mass is 10.00. The molecule has 1 aliphatic carbocycles. The summed E-state index contributed by atoms with van der Waals surface area (Å²) in [6.07, 6.45) is 6.11. The summed E-state index contributed by atoms with van der Waals surface area (Å²) in [6.45, 7) is 3.82. The number of amides is 1. The summed E-state index contributed by atoms with van der Waals surface area (Å²) >= 11 is 0. The number of pyridine rings is 3. The summed E-state index contributed by atoms with van der Waals surface area (Å²) in [4.78, 5) is 25.5. The van der Waals surface area contributed by atoms with Gasteiger partial charge in [0.2, 0.25) is 5.91 Å². The SMILES string of the molecule is CCC(O)c1cc(C)c(-c2cc3cnc(NC(=O)C4CC4(F)F)cc3nc2-n2cccn2)cn1. The second-order valence-electron chi connectivity index (χ2n) is 8.43. The molecule has 1 saturated carbocycles. The number of carbonyl (C=O) groups excluding carboxylic acids is 1. The first-order chi connectivity index (χ1) is 16.3. The van der Waals surface area contributed by atoms with E-state index in [9.17, 15) is 18.7 Å². The summed E-state index contributed by atoms with van der Waals surface area (Å²) in [6, 6.07) is 7.07. The van der Waals surface area contributed by atoms with Crippen molar-refractivity contribution in [3.05, 3.63) is 60.3 Å². The number of nitrogens with one attached hydrogen (secondary N) is 1. The molecule has 174 valence electrons.